The fourth-order valence-electron chi connectivity index (χ4n) is 3.28. The van der Waals surface area contributed by atoms with Gasteiger partial charge in [-0.3, -0.25) is 0 Å². The van der Waals surface area contributed by atoms with Crippen molar-refractivity contribution in [2.45, 2.75) is 111 Å². The SMILES string of the molecule is CCOC1(OC(CC)CCCC(C)(C)CC)CCC[Si](C)(C)O1. The number of hydrogen-bond donors (Lipinski definition) is 0. The fourth-order valence-corrected chi connectivity index (χ4v) is 5.46. The van der Waals surface area contributed by atoms with Crippen molar-refractivity contribution in [3.05, 3.63) is 0 Å². The third-order valence-electron chi connectivity index (χ3n) is 5.20. The van der Waals surface area contributed by atoms with E-state index in [2.05, 4.69) is 40.8 Å². The van der Waals surface area contributed by atoms with Crippen LogP contribution in [-0.4, -0.2) is 27.0 Å². The van der Waals surface area contributed by atoms with Gasteiger partial charge in [0.25, 0.3) is 5.97 Å². The van der Waals surface area contributed by atoms with E-state index in [0.717, 1.165) is 25.7 Å². The minimum absolute atomic E-state index is 0.233. The Balaban J connectivity index is 2.62. The summed E-state index contributed by atoms with van der Waals surface area (Å²) in [5, 5.41) is 0. The van der Waals surface area contributed by atoms with Crippen molar-refractivity contribution in [3.63, 3.8) is 0 Å². The zero-order chi connectivity index (χ0) is 17.6. The smallest absolute Gasteiger partial charge is 0.273 e. The normalized spacial score (nSPS) is 26.2. The summed E-state index contributed by atoms with van der Waals surface area (Å²) in [5.41, 5.74) is 0.437. The van der Waals surface area contributed by atoms with E-state index in [4.69, 9.17) is 13.9 Å². The first-order chi connectivity index (χ1) is 10.7. The lowest BCUT2D eigenvalue weighted by Gasteiger charge is -2.45. The van der Waals surface area contributed by atoms with E-state index in [1.54, 1.807) is 0 Å². The molecule has 1 aliphatic rings. The van der Waals surface area contributed by atoms with Crippen molar-refractivity contribution in [1.82, 2.24) is 0 Å². The van der Waals surface area contributed by atoms with Crippen molar-refractivity contribution >= 4 is 8.32 Å². The Morgan fingerprint density at radius 1 is 1.22 bits per heavy atom. The van der Waals surface area contributed by atoms with E-state index in [0.29, 0.717) is 12.0 Å². The predicted molar refractivity (Wildman–Crippen MR) is 100 cm³/mol. The van der Waals surface area contributed by atoms with Gasteiger partial charge < -0.3 is 13.9 Å². The Kier molecular flexibility index (Phi) is 8.25. The molecule has 3 nitrogen and oxygen atoms in total. The first-order valence-corrected chi connectivity index (χ1v) is 12.8. The van der Waals surface area contributed by atoms with E-state index in [1.165, 1.54) is 25.3 Å². The molecule has 0 spiro atoms. The average Bonchev–Trinajstić information content (AvgIpc) is 2.45. The molecule has 2 atom stereocenters. The molecule has 1 rings (SSSR count). The zero-order valence-corrected chi connectivity index (χ0v) is 17.7. The summed E-state index contributed by atoms with van der Waals surface area (Å²) in [7, 11) is -1.66. The summed E-state index contributed by atoms with van der Waals surface area (Å²) < 4.78 is 18.8. The van der Waals surface area contributed by atoms with Crippen molar-refractivity contribution in [3.8, 4) is 0 Å². The molecular formula is C19H40O3Si. The molecule has 1 fully saturated rings. The highest BCUT2D eigenvalue weighted by molar-refractivity contribution is 6.71. The number of rotatable bonds is 10. The molecule has 0 aromatic heterocycles. The third kappa shape index (κ3) is 7.25. The minimum Gasteiger partial charge on any atom is -0.369 e. The van der Waals surface area contributed by atoms with Gasteiger partial charge in [0.15, 0.2) is 8.32 Å². The van der Waals surface area contributed by atoms with E-state index in [1.807, 2.05) is 6.92 Å². The second-order valence-electron chi connectivity index (χ2n) is 8.39. The van der Waals surface area contributed by atoms with Gasteiger partial charge in [0.1, 0.15) is 0 Å². The minimum atomic E-state index is -1.66. The molecule has 1 saturated heterocycles. The number of ether oxygens (including phenoxy) is 2. The third-order valence-corrected chi connectivity index (χ3v) is 7.62. The van der Waals surface area contributed by atoms with Crippen LogP contribution in [0, 0.1) is 5.41 Å². The first-order valence-electron chi connectivity index (χ1n) is 9.69. The molecule has 4 heteroatoms. The van der Waals surface area contributed by atoms with Crippen LogP contribution in [0.5, 0.6) is 0 Å². The summed E-state index contributed by atoms with van der Waals surface area (Å²) in [6.07, 6.45) is 8.07. The lowest BCUT2D eigenvalue weighted by molar-refractivity contribution is -0.370. The van der Waals surface area contributed by atoms with Crippen LogP contribution in [0.3, 0.4) is 0 Å². The molecule has 2 unspecified atom stereocenters. The van der Waals surface area contributed by atoms with Gasteiger partial charge in [-0.2, -0.15) is 0 Å². The highest BCUT2D eigenvalue weighted by Crippen LogP contribution is 2.37. The summed E-state index contributed by atoms with van der Waals surface area (Å²) in [5.74, 6) is -0.774. The van der Waals surface area contributed by atoms with E-state index >= 15 is 0 Å². The fraction of sp³-hybridized carbons (Fsp3) is 1.00. The van der Waals surface area contributed by atoms with Crippen LogP contribution in [0.2, 0.25) is 19.1 Å². The molecule has 0 aromatic carbocycles. The maximum Gasteiger partial charge on any atom is 0.273 e. The Bertz CT molecular complexity index is 340. The maximum atomic E-state index is 6.44. The van der Waals surface area contributed by atoms with Gasteiger partial charge in [0.2, 0.25) is 0 Å². The van der Waals surface area contributed by atoms with Crippen molar-refractivity contribution in [2.75, 3.05) is 6.61 Å². The summed E-state index contributed by atoms with van der Waals surface area (Å²) in [6.45, 7) is 16.4. The van der Waals surface area contributed by atoms with Gasteiger partial charge in [0.05, 0.1) is 6.10 Å². The Hall–Kier alpha value is 0.0969. The van der Waals surface area contributed by atoms with E-state index in [-0.39, 0.29) is 6.10 Å². The van der Waals surface area contributed by atoms with Crippen molar-refractivity contribution < 1.29 is 13.9 Å². The summed E-state index contributed by atoms with van der Waals surface area (Å²) >= 11 is 0. The maximum absolute atomic E-state index is 6.44. The van der Waals surface area contributed by atoms with E-state index in [9.17, 15) is 0 Å². The van der Waals surface area contributed by atoms with Crippen LogP contribution in [0.15, 0.2) is 0 Å². The van der Waals surface area contributed by atoms with Gasteiger partial charge in [-0.1, -0.05) is 40.5 Å². The molecule has 0 radical (unpaired) electrons. The van der Waals surface area contributed by atoms with Crippen molar-refractivity contribution in [1.29, 1.82) is 0 Å². The van der Waals surface area contributed by atoms with Crippen LogP contribution >= 0.6 is 0 Å². The molecule has 1 aliphatic heterocycles. The number of hydrogen-bond acceptors (Lipinski definition) is 3. The summed E-state index contributed by atoms with van der Waals surface area (Å²) in [6, 6.07) is 1.20. The van der Waals surface area contributed by atoms with Crippen LogP contribution in [-0.2, 0) is 13.9 Å². The molecule has 0 aromatic rings. The highest BCUT2D eigenvalue weighted by Gasteiger charge is 2.45. The van der Waals surface area contributed by atoms with Crippen molar-refractivity contribution in [2.24, 2.45) is 5.41 Å². The molecule has 0 saturated carbocycles. The predicted octanol–water partition coefficient (Wildman–Crippen LogP) is 6.09. The molecule has 0 bridgehead atoms. The average molecular weight is 345 g/mol. The molecule has 138 valence electrons. The largest absolute Gasteiger partial charge is 0.369 e. The topological polar surface area (TPSA) is 27.7 Å². The molecule has 1 heterocycles. The van der Waals surface area contributed by atoms with Crippen LogP contribution < -0.4 is 0 Å². The van der Waals surface area contributed by atoms with Gasteiger partial charge >= 0.3 is 0 Å². The van der Waals surface area contributed by atoms with E-state index < -0.39 is 14.3 Å². The molecular weight excluding hydrogens is 304 g/mol. The van der Waals surface area contributed by atoms with Crippen LogP contribution in [0.25, 0.3) is 0 Å². The highest BCUT2D eigenvalue weighted by atomic mass is 28.4. The van der Waals surface area contributed by atoms with Crippen LogP contribution in [0.1, 0.15) is 79.6 Å². The lowest BCUT2D eigenvalue weighted by Crippen LogP contribution is -2.53. The second kappa shape index (κ2) is 8.98. The van der Waals surface area contributed by atoms with Gasteiger partial charge in [-0.15, -0.1) is 0 Å². The van der Waals surface area contributed by atoms with Gasteiger partial charge in [-0.05, 0) is 57.2 Å². The lowest BCUT2D eigenvalue weighted by atomic mass is 9.84. The van der Waals surface area contributed by atoms with Gasteiger partial charge in [-0.25, -0.2) is 0 Å². The zero-order valence-electron chi connectivity index (χ0n) is 16.7. The molecule has 0 aliphatic carbocycles. The Morgan fingerprint density at radius 2 is 1.91 bits per heavy atom. The molecule has 23 heavy (non-hydrogen) atoms. The van der Waals surface area contributed by atoms with Crippen LogP contribution in [0.4, 0.5) is 0 Å². The standard InChI is InChI=1S/C19H40O3Si/c1-8-17(13-11-14-18(4,5)9-2)21-19(20-10-3)15-12-16-23(6,7)22-19/h17H,8-16H2,1-7H3. The molecule has 0 amide bonds. The molecule has 0 N–H and O–H groups in total. The Morgan fingerprint density at radius 3 is 2.43 bits per heavy atom. The monoisotopic (exact) mass is 344 g/mol. The second-order valence-corrected chi connectivity index (χ2v) is 12.6. The first kappa shape index (κ1) is 21.1. The summed E-state index contributed by atoms with van der Waals surface area (Å²) in [4.78, 5) is 0. The van der Waals surface area contributed by atoms with Gasteiger partial charge in [0, 0.05) is 13.0 Å². The Labute approximate surface area is 145 Å². The quantitative estimate of drug-likeness (QED) is 0.354.